The van der Waals surface area contributed by atoms with Crippen LogP contribution in [0.3, 0.4) is 0 Å². The van der Waals surface area contributed by atoms with Gasteiger partial charge in [-0.05, 0) is 63.1 Å². The number of benzene rings is 2. The zero-order valence-electron chi connectivity index (χ0n) is 19.2. The molecular weight excluding hydrogens is 426 g/mol. The van der Waals surface area contributed by atoms with E-state index >= 15 is 0 Å². The second-order valence-electron chi connectivity index (χ2n) is 8.50. The van der Waals surface area contributed by atoms with Crippen molar-refractivity contribution in [3.8, 4) is 5.75 Å². The van der Waals surface area contributed by atoms with E-state index in [1.54, 1.807) is 23.1 Å². The van der Waals surface area contributed by atoms with E-state index in [2.05, 4.69) is 37.2 Å². The molecular formula is C25H32ClN3O3. The summed E-state index contributed by atoms with van der Waals surface area (Å²) in [4.78, 5) is 30.2. The molecule has 1 aliphatic rings. The highest BCUT2D eigenvalue weighted by Gasteiger charge is 2.35. The van der Waals surface area contributed by atoms with Gasteiger partial charge in [-0.25, -0.2) is 0 Å². The van der Waals surface area contributed by atoms with E-state index in [4.69, 9.17) is 16.3 Å². The van der Waals surface area contributed by atoms with E-state index in [-0.39, 0.29) is 11.8 Å². The summed E-state index contributed by atoms with van der Waals surface area (Å²) in [7, 11) is 3.61. The van der Waals surface area contributed by atoms with Gasteiger partial charge in [-0.2, -0.15) is 0 Å². The van der Waals surface area contributed by atoms with E-state index in [1.807, 2.05) is 18.2 Å². The fourth-order valence-corrected chi connectivity index (χ4v) is 4.09. The monoisotopic (exact) mass is 457 g/mol. The Bertz CT molecular complexity index is 963. The molecule has 1 atom stereocenters. The molecule has 0 radical (unpaired) electrons. The minimum Gasteiger partial charge on any atom is -0.496 e. The summed E-state index contributed by atoms with van der Waals surface area (Å²) < 4.78 is 5.33. The molecule has 0 aliphatic carbocycles. The maximum atomic E-state index is 13.2. The van der Waals surface area contributed by atoms with Gasteiger partial charge in [0.25, 0.3) is 5.91 Å². The molecule has 6 nitrogen and oxygen atoms in total. The fourth-order valence-electron chi connectivity index (χ4n) is 3.92. The van der Waals surface area contributed by atoms with Crippen molar-refractivity contribution in [2.24, 2.45) is 0 Å². The predicted octanol–water partition coefficient (Wildman–Crippen LogP) is 4.11. The number of ether oxygens (including phenoxy) is 1. The molecule has 2 amide bonds. The highest BCUT2D eigenvalue weighted by molar-refractivity contribution is 6.31. The third-order valence-corrected chi connectivity index (χ3v) is 6.32. The number of rotatable bonds is 8. The highest BCUT2D eigenvalue weighted by Crippen LogP contribution is 2.28. The molecule has 1 saturated heterocycles. The van der Waals surface area contributed by atoms with Gasteiger partial charge >= 0.3 is 0 Å². The summed E-state index contributed by atoms with van der Waals surface area (Å²) in [6.07, 6.45) is 1.42. The Morgan fingerprint density at radius 3 is 2.62 bits per heavy atom. The van der Waals surface area contributed by atoms with Crippen LogP contribution in [0.2, 0.25) is 5.02 Å². The lowest BCUT2D eigenvalue weighted by Gasteiger charge is -2.25. The van der Waals surface area contributed by atoms with Gasteiger partial charge in [-0.3, -0.25) is 14.5 Å². The Hall–Kier alpha value is -2.57. The van der Waals surface area contributed by atoms with E-state index < -0.39 is 6.04 Å². The molecule has 2 aromatic carbocycles. The minimum atomic E-state index is -0.503. The standard InChI is InChI=1S/C25H32ClN3O3/c1-17(2)28(3)16-19-9-6-5-8-18(19)15-27-24(30)22-10-7-13-29(22)25(31)21-14-20(26)11-12-23(21)32-4/h5-6,8-9,11-12,14,17,22H,7,10,13,15-16H2,1-4H3,(H,27,30)/t22-/m0/s1. The summed E-state index contributed by atoms with van der Waals surface area (Å²) in [5, 5.41) is 3.51. The first-order valence-corrected chi connectivity index (χ1v) is 11.4. The summed E-state index contributed by atoms with van der Waals surface area (Å²) in [6, 6.07) is 13.0. The first-order chi connectivity index (χ1) is 15.3. The van der Waals surface area contributed by atoms with Crippen LogP contribution in [0.25, 0.3) is 0 Å². The third kappa shape index (κ3) is 5.61. The third-order valence-electron chi connectivity index (χ3n) is 6.08. The SMILES string of the molecule is COc1ccc(Cl)cc1C(=O)N1CCC[C@H]1C(=O)NCc1ccccc1CN(C)C(C)C. The molecule has 1 aliphatic heterocycles. The average molecular weight is 458 g/mol. The lowest BCUT2D eigenvalue weighted by molar-refractivity contribution is -0.125. The van der Waals surface area contributed by atoms with E-state index in [9.17, 15) is 9.59 Å². The number of methoxy groups -OCH3 is 1. The number of halogens is 1. The quantitative estimate of drug-likeness (QED) is 0.648. The van der Waals surface area contributed by atoms with Crippen molar-refractivity contribution in [3.63, 3.8) is 0 Å². The van der Waals surface area contributed by atoms with Crippen molar-refractivity contribution >= 4 is 23.4 Å². The van der Waals surface area contributed by atoms with Gasteiger partial charge in [0.15, 0.2) is 0 Å². The fraction of sp³-hybridized carbons (Fsp3) is 0.440. The summed E-state index contributed by atoms with van der Waals surface area (Å²) >= 11 is 6.10. The van der Waals surface area contributed by atoms with Crippen molar-refractivity contribution in [1.29, 1.82) is 0 Å². The normalized spacial score (nSPS) is 16.0. The van der Waals surface area contributed by atoms with Crippen LogP contribution in [-0.2, 0) is 17.9 Å². The highest BCUT2D eigenvalue weighted by atomic mass is 35.5. The number of nitrogens with zero attached hydrogens (tertiary/aromatic N) is 2. The lowest BCUT2D eigenvalue weighted by Crippen LogP contribution is -2.45. The lowest BCUT2D eigenvalue weighted by atomic mass is 10.1. The molecule has 0 bridgehead atoms. The molecule has 7 heteroatoms. The number of carbonyl (C=O) groups excluding carboxylic acids is 2. The molecule has 2 aromatic rings. The molecule has 3 rings (SSSR count). The van der Waals surface area contributed by atoms with Crippen molar-refractivity contribution in [2.75, 3.05) is 20.7 Å². The van der Waals surface area contributed by atoms with E-state index in [1.165, 1.54) is 12.7 Å². The zero-order chi connectivity index (χ0) is 23.3. The predicted molar refractivity (Wildman–Crippen MR) is 127 cm³/mol. The van der Waals surface area contributed by atoms with Crippen molar-refractivity contribution in [2.45, 2.75) is 51.9 Å². The van der Waals surface area contributed by atoms with E-state index in [0.717, 1.165) is 18.5 Å². The van der Waals surface area contributed by atoms with Crippen LogP contribution in [0.5, 0.6) is 5.75 Å². The van der Waals surface area contributed by atoms with Gasteiger partial charge in [0, 0.05) is 30.7 Å². The van der Waals surface area contributed by atoms with Crippen molar-refractivity contribution < 1.29 is 14.3 Å². The van der Waals surface area contributed by atoms with Gasteiger partial charge < -0.3 is 15.0 Å². The molecule has 1 N–H and O–H groups in total. The number of hydrogen-bond donors (Lipinski definition) is 1. The molecule has 172 valence electrons. The van der Waals surface area contributed by atoms with Crippen LogP contribution in [0.15, 0.2) is 42.5 Å². The number of amides is 2. The minimum absolute atomic E-state index is 0.135. The molecule has 32 heavy (non-hydrogen) atoms. The first kappa shape index (κ1) is 24.1. The Labute approximate surface area is 195 Å². The second kappa shape index (κ2) is 10.8. The summed E-state index contributed by atoms with van der Waals surface area (Å²) in [6.45, 7) is 6.09. The number of carbonyl (C=O) groups is 2. The molecule has 0 spiro atoms. The van der Waals surface area contributed by atoms with E-state index in [0.29, 0.717) is 41.9 Å². The maximum Gasteiger partial charge on any atom is 0.258 e. The van der Waals surface area contributed by atoms with Crippen LogP contribution in [0.4, 0.5) is 0 Å². The topological polar surface area (TPSA) is 61.9 Å². The smallest absolute Gasteiger partial charge is 0.258 e. The van der Waals surface area contributed by atoms with Gasteiger partial charge in [0.2, 0.25) is 5.91 Å². The largest absolute Gasteiger partial charge is 0.496 e. The average Bonchev–Trinajstić information content (AvgIpc) is 3.27. The molecule has 0 unspecified atom stereocenters. The van der Waals surface area contributed by atoms with Gasteiger partial charge in [0.05, 0.1) is 12.7 Å². The Balaban J connectivity index is 1.70. The Morgan fingerprint density at radius 2 is 1.94 bits per heavy atom. The number of hydrogen-bond acceptors (Lipinski definition) is 4. The molecule has 0 saturated carbocycles. The first-order valence-electron chi connectivity index (χ1n) is 11.0. The Morgan fingerprint density at radius 1 is 1.22 bits per heavy atom. The van der Waals surface area contributed by atoms with Crippen LogP contribution in [0, 0.1) is 0 Å². The maximum absolute atomic E-state index is 13.2. The molecule has 0 aromatic heterocycles. The van der Waals surface area contributed by atoms with Crippen LogP contribution >= 0.6 is 11.6 Å². The zero-order valence-corrected chi connectivity index (χ0v) is 20.0. The van der Waals surface area contributed by atoms with Gasteiger partial charge in [-0.1, -0.05) is 35.9 Å². The molecule has 1 heterocycles. The van der Waals surface area contributed by atoms with Crippen LogP contribution in [-0.4, -0.2) is 54.4 Å². The van der Waals surface area contributed by atoms with Crippen LogP contribution < -0.4 is 10.1 Å². The van der Waals surface area contributed by atoms with Gasteiger partial charge in [-0.15, -0.1) is 0 Å². The Kier molecular flexibility index (Phi) is 8.15. The summed E-state index contributed by atoms with van der Waals surface area (Å²) in [5.74, 6) is 0.0819. The van der Waals surface area contributed by atoms with Crippen LogP contribution in [0.1, 0.15) is 48.2 Å². The van der Waals surface area contributed by atoms with Crippen molar-refractivity contribution in [3.05, 3.63) is 64.2 Å². The number of nitrogens with one attached hydrogen (secondary N) is 1. The molecule has 1 fully saturated rings. The number of likely N-dealkylation sites (tertiary alicyclic amines) is 1. The second-order valence-corrected chi connectivity index (χ2v) is 8.93. The van der Waals surface area contributed by atoms with Crippen molar-refractivity contribution in [1.82, 2.24) is 15.1 Å². The van der Waals surface area contributed by atoms with Gasteiger partial charge in [0.1, 0.15) is 11.8 Å². The summed E-state index contributed by atoms with van der Waals surface area (Å²) in [5.41, 5.74) is 2.65.